The predicted octanol–water partition coefficient (Wildman–Crippen LogP) is 5.59. The van der Waals surface area contributed by atoms with Gasteiger partial charge in [-0.3, -0.25) is 4.79 Å². The molecule has 0 aliphatic heterocycles. The quantitative estimate of drug-likeness (QED) is 0.219. The van der Waals surface area contributed by atoms with Gasteiger partial charge in [0.2, 0.25) is 5.78 Å². The number of Topliss-reactive ketones (excluding diaryl/α,β-unsaturated/α-hetero) is 1. The van der Waals surface area contributed by atoms with Crippen LogP contribution in [0.2, 0.25) is 0 Å². The van der Waals surface area contributed by atoms with Crippen molar-refractivity contribution in [2.45, 2.75) is 20.8 Å². The number of ether oxygens (including phenoxy) is 2. The lowest BCUT2D eigenvalue weighted by molar-refractivity contribution is -0.135. The Morgan fingerprint density at radius 3 is 2.13 bits per heavy atom. The van der Waals surface area contributed by atoms with Crippen LogP contribution in [0.1, 0.15) is 38.2 Å². The largest absolute Gasteiger partial charge is 0.496 e. The first-order chi connectivity index (χ1) is 14.9. The Hall–Kier alpha value is -3.66. The summed E-state index contributed by atoms with van der Waals surface area (Å²) in [6, 6.07) is 20.6. The fraction of sp³-hybridized carbons (Fsp3) is 0.185. The Kier molecular flexibility index (Phi) is 7.03. The van der Waals surface area contributed by atoms with Gasteiger partial charge in [-0.15, -0.1) is 0 Å². The van der Waals surface area contributed by atoms with Crippen molar-refractivity contribution in [2.75, 3.05) is 13.7 Å². The van der Waals surface area contributed by atoms with Gasteiger partial charge in [0.15, 0.2) is 6.61 Å². The molecule has 158 valence electrons. The molecule has 3 aromatic carbocycles. The van der Waals surface area contributed by atoms with Gasteiger partial charge >= 0.3 is 5.97 Å². The number of ketones is 1. The van der Waals surface area contributed by atoms with Crippen molar-refractivity contribution in [3.8, 4) is 5.75 Å². The van der Waals surface area contributed by atoms with Crippen molar-refractivity contribution in [1.82, 2.24) is 0 Å². The molecule has 0 aliphatic carbocycles. The van der Waals surface area contributed by atoms with Gasteiger partial charge in [0, 0.05) is 11.1 Å². The normalized spacial score (nSPS) is 11.2. The van der Waals surface area contributed by atoms with Crippen LogP contribution < -0.4 is 4.74 Å². The summed E-state index contributed by atoms with van der Waals surface area (Å²) in [7, 11) is 1.58. The van der Waals surface area contributed by atoms with E-state index in [9.17, 15) is 9.59 Å². The third-order valence-electron chi connectivity index (χ3n) is 5.03. The second-order valence-electron chi connectivity index (χ2n) is 7.44. The van der Waals surface area contributed by atoms with Gasteiger partial charge in [-0.25, -0.2) is 4.79 Å². The maximum atomic E-state index is 13.0. The van der Waals surface area contributed by atoms with Crippen LogP contribution in [-0.2, 0) is 9.53 Å². The van der Waals surface area contributed by atoms with Gasteiger partial charge in [-0.2, -0.15) is 0 Å². The summed E-state index contributed by atoms with van der Waals surface area (Å²) in [5.41, 5.74) is 5.27. The maximum absolute atomic E-state index is 13.0. The number of hydrogen-bond acceptors (Lipinski definition) is 4. The fourth-order valence-electron chi connectivity index (χ4n) is 3.72. The number of carbonyl (C=O) groups excluding carboxylic acids is 2. The minimum Gasteiger partial charge on any atom is -0.496 e. The molecule has 3 aromatic rings. The number of hydrogen-bond donors (Lipinski definition) is 0. The fourth-order valence-corrected chi connectivity index (χ4v) is 3.72. The number of methoxy groups -OCH3 is 1. The molecule has 31 heavy (non-hydrogen) atoms. The zero-order valence-electron chi connectivity index (χ0n) is 18.3. The van der Waals surface area contributed by atoms with E-state index in [1.54, 1.807) is 13.2 Å². The first kappa shape index (κ1) is 22.0. The summed E-state index contributed by atoms with van der Waals surface area (Å²) >= 11 is 0. The van der Waals surface area contributed by atoms with Gasteiger partial charge in [-0.1, -0.05) is 66.2 Å². The van der Waals surface area contributed by atoms with E-state index in [0.717, 1.165) is 22.3 Å². The monoisotopic (exact) mass is 414 g/mol. The molecule has 0 saturated heterocycles. The molecular weight excluding hydrogens is 388 g/mol. The average molecular weight is 415 g/mol. The predicted molar refractivity (Wildman–Crippen MR) is 123 cm³/mol. The molecule has 0 bridgehead atoms. The molecule has 0 aromatic heterocycles. The third kappa shape index (κ3) is 5.28. The summed E-state index contributed by atoms with van der Waals surface area (Å²) in [6.07, 6.45) is 1.73. The Morgan fingerprint density at radius 1 is 0.871 bits per heavy atom. The van der Waals surface area contributed by atoms with Crippen LogP contribution in [-0.4, -0.2) is 25.5 Å². The highest BCUT2D eigenvalue weighted by Gasteiger charge is 2.19. The van der Waals surface area contributed by atoms with Crippen molar-refractivity contribution >= 4 is 23.4 Å². The number of carbonyl (C=O) groups is 2. The lowest BCUT2D eigenvalue weighted by atomic mass is 9.97. The van der Waals surface area contributed by atoms with E-state index < -0.39 is 5.97 Å². The van der Waals surface area contributed by atoms with Crippen molar-refractivity contribution in [3.05, 3.63) is 100 Å². The minimum atomic E-state index is -0.562. The van der Waals surface area contributed by atoms with Crippen LogP contribution in [0.3, 0.4) is 0 Å². The Bertz CT molecular complexity index is 1100. The highest BCUT2D eigenvalue weighted by molar-refractivity contribution is 6.22. The van der Waals surface area contributed by atoms with E-state index in [1.807, 2.05) is 87.5 Å². The van der Waals surface area contributed by atoms with Crippen molar-refractivity contribution in [2.24, 2.45) is 0 Å². The van der Waals surface area contributed by atoms with E-state index in [-0.39, 0.29) is 12.4 Å². The lowest BCUT2D eigenvalue weighted by Crippen LogP contribution is -2.17. The number of benzene rings is 3. The van der Waals surface area contributed by atoms with E-state index >= 15 is 0 Å². The molecule has 0 amide bonds. The number of esters is 1. The number of para-hydroxylation sites is 1. The molecule has 0 atom stereocenters. The molecule has 4 heteroatoms. The standard InChI is InChI=1S/C27H26O4/c1-18-14-19(2)26(20(3)15-18)24(28)17-31-27(29)23(21-10-6-5-7-11-21)16-22-12-8-9-13-25(22)30-4/h5-16H,17H2,1-4H3/b23-16+. The molecule has 0 aliphatic rings. The van der Waals surface area contributed by atoms with E-state index in [4.69, 9.17) is 9.47 Å². The first-order valence-corrected chi connectivity index (χ1v) is 10.1. The summed E-state index contributed by atoms with van der Waals surface area (Å²) in [4.78, 5) is 25.8. The summed E-state index contributed by atoms with van der Waals surface area (Å²) in [5, 5.41) is 0. The first-order valence-electron chi connectivity index (χ1n) is 10.1. The van der Waals surface area contributed by atoms with E-state index in [2.05, 4.69) is 0 Å². The molecule has 3 rings (SSSR count). The van der Waals surface area contributed by atoms with Gasteiger partial charge in [-0.05, 0) is 49.6 Å². The van der Waals surface area contributed by atoms with Crippen molar-refractivity contribution in [3.63, 3.8) is 0 Å². The molecule has 0 fully saturated rings. The zero-order valence-corrected chi connectivity index (χ0v) is 18.3. The lowest BCUT2D eigenvalue weighted by Gasteiger charge is -2.12. The highest BCUT2D eigenvalue weighted by atomic mass is 16.5. The van der Waals surface area contributed by atoms with Gasteiger partial charge in [0.25, 0.3) is 0 Å². The molecular formula is C27H26O4. The molecule has 0 unspecified atom stereocenters. The second kappa shape index (κ2) is 9.90. The topological polar surface area (TPSA) is 52.6 Å². The van der Waals surface area contributed by atoms with Gasteiger partial charge < -0.3 is 9.47 Å². The van der Waals surface area contributed by atoms with Crippen LogP contribution in [0.5, 0.6) is 5.75 Å². The third-order valence-corrected chi connectivity index (χ3v) is 5.03. The molecule has 0 N–H and O–H groups in total. The Morgan fingerprint density at radius 2 is 1.48 bits per heavy atom. The Balaban J connectivity index is 1.88. The number of aryl methyl sites for hydroxylation is 3. The van der Waals surface area contributed by atoms with Gasteiger partial charge in [0.1, 0.15) is 5.75 Å². The minimum absolute atomic E-state index is 0.215. The highest BCUT2D eigenvalue weighted by Crippen LogP contribution is 2.26. The molecule has 0 spiro atoms. The molecule has 0 heterocycles. The van der Waals surface area contributed by atoms with E-state index in [1.165, 1.54) is 0 Å². The molecule has 0 radical (unpaired) electrons. The van der Waals surface area contributed by atoms with Crippen LogP contribution in [0.25, 0.3) is 11.6 Å². The second-order valence-corrected chi connectivity index (χ2v) is 7.44. The maximum Gasteiger partial charge on any atom is 0.339 e. The van der Waals surface area contributed by atoms with Crippen LogP contribution in [0.15, 0.2) is 66.7 Å². The van der Waals surface area contributed by atoms with Crippen molar-refractivity contribution < 1.29 is 19.1 Å². The number of rotatable bonds is 7. The smallest absolute Gasteiger partial charge is 0.339 e. The zero-order chi connectivity index (χ0) is 22.4. The SMILES string of the molecule is COc1ccccc1/C=C(/C(=O)OCC(=O)c1c(C)cc(C)cc1C)c1ccccc1. The van der Waals surface area contributed by atoms with E-state index in [0.29, 0.717) is 22.4 Å². The molecule has 4 nitrogen and oxygen atoms in total. The van der Waals surface area contributed by atoms with Gasteiger partial charge in [0.05, 0.1) is 12.7 Å². The van der Waals surface area contributed by atoms with Crippen LogP contribution in [0.4, 0.5) is 0 Å². The average Bonchev–Trinajstić information content (AvgIpc) is 2.76. The molecule has 0 saturated carbocycles. The Labute approximate surface area is 183 Å². The summed E-state index contributed by atoms with van der Waals surface area (Å²) in [6.45, 7) is 5.46. The van der Waals surface area contributed by atoms with Crippen LogP contribution in [0, 0.1) is 20.8 Å². The summed E-state index contributed by atoms with van der Waals surface area (Å²) < 4.78 is 10.9. The summed E-state index contributed by atoms with van der Waals surface area (Å²) in [5.74, 6) is -0.133. The van der Waals surface area contributed by atoms with Crippen LogP contribution >= 0.6 is 0 Å². The van der Waals surface area contributed by atoms with Crippen molar-refractivity contribution in [1.29, 1.82) is 0 Å².